The Morgan fingerprint density at radius 1 is 0.886 bits per heavy atom. The molecule has 2 heterocycles. The van der Waals surface area contributed by atoms with Crippen molar-refractivity contribution in [1.82, 2.24) is 9.80 Å². The minimum atomic E-state index is 0.0552. The molecule has 0 atom stereocenters. The van der Waals surface area contributed by atoms with Crippen molar-refractivity contribution in [2.75, 3.05) is 32.2 Å². The summed E-state index contributed by atoms with van der Waals surface area (Å²) in [6.45, 7) is 4.18. The van der Waals surface area contributed by atoms with Crippen LogP contribution in [0.1, 0.15) is 29.5 Å². The van der Waals surface area contributed by atoms with Crippen LogP contribution in [0.5, 0.6) is 5.75 Å². The number of nitrogens with zero attached hydrogens (tertiary/aromatic N) is 3. The fourth-order valence-corrected chi connectivity index (χ4v) is 5.24. The molecule has 6 nitrogen and oxygen atoms in total. The van der Waals surface area contributed by atoms with E-state index in [0.717, 1.165) is 49.6 Å². The highest BCUT2D eigenvalue weighted by Crippen LogP contribution is 2.37. The Labute approximate surface area is 207 Å². The molecule has 5 rings (SSSR count). The standard InChI is InChI=1S/C29H33N3O3/c1-34-21-23-7-5-6-22(18-23)19-30-16-14-25(15-17-30)31-20-24-8-3-4-9-28(24)32(29(31)33)26-10-12-27(35-2)13-11-26/h3-13,18,25H,14-17,19-21H2,1-2H3. The van der Waals surface area contributed by atoms with E-state index < -0.39 is 0 Å². The first-order valence-electron chi connectivity index (χ1n) is 12.3. The summed E-state index contributed by atoms with van der Waals surface area (Å²) in [6.07, 6.45) is 1.95. The predicted octanol–water partition coefficient (Wildman–Crippen LogP) is 5.58. The summed E-state index contributed by atoms with van der Waals surface area (Å²) in [5.74, 6) is 0.781. The first kappa shape index (κ1) is 23.4. The molecule has 182 valence electrons. The van der Waals surface area contributed by atoms with E-state index >= 15 is 0 Å². The minimum Gasteiger partial charge on any atom is -0.497 e. The maximum atomic E-state index is 13.8. The fraction of sp³-hybridized carbons (Fsp3) is 0.345. The number of likely N-dealkylation sites (tertiary alicyclic amines) is 1. The molecule has 2 aliphatic rings. The van der Waals surface area contributed by atoms with Crippen molar-refractivity contribution < 1.29 is 14.3 Å². The monoisotopic (exact) mass is 471 g/mol. The van der Waals surface area contributed by atoms with Gasteiger partial charge in [0.1, 0.15) is 5.75 Å². The van der Waals surface area contributed by atoms with Crippen LogP contribution in [-0.4, -0.2) is 49.2 Å². The van der Waals surface area contributed by atoms with E-state index in [1.807, 2.05) is 41.3 Å². The smallest absolute Gasteiger partial charge is 0.329 e. The second-order valence-corrected chi connectivity index (χ2v) is 9.33. The molecular weight excluding hydrogens is 438 g/mol. The van der Waals surface area contributed by atoms with Crippen LogP contribution in [0.3, 0.4) is 0 Å². The second-order valence-electron chi connectivity index (χ2n) is 9.33. The van der Waals surface area contributed by atoms with E-state index in [1.165, 1.54) is 16.7 Å². The molecule has 1 saturated heterocycles. The molecule has 2 aliphatic heterocycles. The Hall–Kier alpha value is -3.35. The molecule has 0 radical (unpaired) electrons. The van der Waals surface area contributed by atoms with Crippen molar-refractivity contribution in [2.45, 2.75) is 38.6 Å². The Morgan fingerprint density at radius 2 is 1.63 bits per heavy atom. The van der Waals surface area contributed by atoms with Crippen LogP contribution < -0.4 is 9.64 Å². The van der Waals surface area contributed by atoms with Gasteiger partial charge in [0.15, 0.2) is 0 Å². The summed E-state index contributed by atoms with van der Waals surface area (Å²) in [6, 6.07) is 24.9. The lowest BCUT2D eigenvalue weighted by atomic mass is 9.99. The van der Waals surface area contributed by atoms with Gasteiger partial charge in [-0.3, -0.25) is 9.80 Å². The number of methoxy groups -OCH3 is 2. The third-order valence-corrected chi connectivity index (χ3v) is 7.05. The molecule has 0 saturated carbocycles. The number of carbonyl (C=O) groups is 1. The average molecular weight is 472 g/mol. The number of hydrogen-bond acceptors (Lipinski definition) is 4. The van der Waals surface area contributed by atoms with Crippen molar-refractivity contribution in [3.63, 3.8) is 0 Å². The number of benzene rings is 3. The molecule has 6 heteroatoms. The van der Waals surface area contributed by atoms with Gasteiger partial charge in [0.25, 0.3) is 0 Å². The van der Waals surface area contributed by atoms with Gasteiger partial charge in [-0.05, 0) is 59.9 Å². The van der Waals surface area contributed by atoms with Crippen LogP contribution >= 0.6 is 0 Å². The third-order valence-electron chi connectivity index (χ3n) is 7.05. The van der Waals surface area contributed by atoms with Crippen LogP contribution in [0.15, 0.2) is 72.8 Å². The maximum absolute atomic E-state index is 13.8. The van der Waals surface area contributed by atoms with Crippen LogP contribution in [0.25, 0.3) is 0 Å². The number of para-hydroxylation sites is 1. The van der Waals surface area contributed by atoms with Gasteiger partial charge in [0.2, 0.25) is 0 Å². The van der Waals surface area contributed by atoms with Crippen molar-refractivity contribution in [3.8, 4) is 5.75 Å². The Morgan fingerprint density at radius 3 is 2.37 bits per heavy atom. The zero-order chi connectivity index (χ0) is 24.2. The zero-order valence-corrected chi connectivity index (χ0v) is 20.5. The summed E-state index contributed by atoms with van der Waals surface area (Å²) in [5.41, 5.74) is 5.52. The van der Waals surface area contributed by atoms with E-state index in [-0.39, 0.29) is 12.1 Å². The van der Waals surface area contributed by atoms with Crippen molar-refractivity contribution in [2.24, 2.45) is 0 Å². The lowest BCUT2D eigenvalue weighted by Gasteiger charge is -2.44. The van der Waals surface area contributed by atoms with E-state index in [1.54, 1.807) is 14.2 Å². The van der Waals surface area contributed by atoms with Gasteiger partial charge in [0.05, 0.1) is 25.1 Å². The van der Waals surface area contributed by atoms with Gasteiger partial charge >= 0.3 is 6.03 Å². The van der Waals surface area contributed by atoms with Crippen LogP contribution in [0.2, 0.25) is 0 Å². The number of urea groups is 1. The SMILES string of the molecule is COCc1cccc(CN2CCC(N3Cc4ccccc4N(c4ccc(OC)cc4)C3=O)CC2)c1. The molecule has 35 heavy (non-hydrogen) atoms. The molecule has 0 aliphatic carbocycles. The Balaban J connectivity index is 1.30. The molecule has 0 aromatic heterocycles. The second kappa shape index (κ2) is 10.5. The van der Waals surface area contributed by atoms with Gasteiger partial charge in [0, 0.05) is 39.3 Å². The Bertz CT molecular complexity index is 1160. The third kappa shape index (κ3) is 5.04. The molecule has 0 N–H and O–H groups in total. The molecule has 0 bridgehead atoms. The van der Waals surface area contributed by atoms with Crippen molar-refractivity contribution >= 4 is 17.4 Å². The highest BCUT2D eigenvalue weighted by molar-refractivity contribution is 6.02. The van der Waals surface area contributed by atoms with Crippen LogP contribution in [0, 0.1) is 0 Å². The number of piperidine rings is 1. The van der Waals surface area contributed by atoms with E-state index in [9.17, 15) is 4.79 Å². The maximum Gasteiger partial charge on any atom is 0.329 e. The summed E-state index contributed by atoms with van der Waals surface area (Å²) in [4.78, 5) is 20.2. The van der Waals surface area contributed by atoms with Gasteiger partial charge < -0.3 is 14.4 Å². The lowest BCUT2D eigenvalue weighted by Crippen LogP contribution is -2.52. The number of anilines is 2. The van der Waals surface area contributed by atoms with Gasteiger partial charge in [-0.1, -0.05) is 42.5 Å². The molecule has 0 unspecified atom stereocenters. The molecule has 3 aromatic carbocycles. The highest BCUT2D eigenvalue weighted by Gasteiger charge is 2.36. The summed E-state index contributed by atoms with van der Waals surface area (Å²) in [5, 5.41) is 0. The van der Waals surface area contributed by atoms with Crippen LogP contribution in [0.4, 0.5) is 16.2 Å². The number of hydrogen-bond donors (Lipinski definition) is 0. The van der Waals surface area contributed by atoms with Crippen LogP contribution in [-0.2, 0) is 24.4 Å². The molecule has 3 aromatic rings. The quantitative estimate of drug-likeness (QED) is 0.451. The van der Waals surface area contributed by atoms with Gasteiger partial charge in [-0.25, -0.2) is 4.79 Å². The Kier molecular flexibility index (Phi) is 7.02. The number of amides is 2. The lowest BCUT2D eigenvalue weighted by molar-refractivity contribution is 0.115. The van der Waals surface area contributed by atoms with E-state index in [0.29, 0.717) is 13.2 Å². The molecule has 1 fully saturated rings. The first-order chi connectivity index (χ1) is 17.2. The zero-order valence-electron chi connectivity index (χ0n) is 20.5. The van der Waals surface area contributed by atoms with E-state index in [4.69, 9.17) is 9.47 Å². The van der Waals surface area contributed by atoms with Crippen molar-refractivity contribution in [1.29, 1.82) is 0 Å². The fourth-order valence-electron chi connectivity index (χ4n) is 5.24. The number of carbonyl (C=O) groups excluding carboxylic acids is 1. The normalized spacial score (nSPS) is 16.9. The highest BCUT2D eigenvalue weighted by atomic mass is 16.5. The first-order valence-corrected chi connectivity index (χ1v) is 12.3. The number of rotatable bonds is 7. The topological polar surface area (TPSA) is 45.2 Å². The molecular formula is C29H33N3O3. The predicted molar refractivity (Wildman–Crippen MR) is 138 cm³/mol. The largest absolute Gasteiger partial charge is 0.497 e. The van der Waals surface area contributed by atoms with Gasteiger partial charge in [-0.15, -0.1) is 0 Å². The molecule has 2 amide bonds. The van der Waals surface area contributed by atoms with Gasteiger partial charge in [-0.2, -0.15) is 0 Å². The summed E-state index contributed by atoms with van der Waals surface area (Å²) < 4.78 is 10.6. The number of ether oxygens (including phenoxy) is 2. The molecule has 0 spiro atoms. The summed E-state index contributed by atoms with van der Waals surface area (Å²) >= 11 is 0. The number of fused-ring (bicyclic) bond motifs is 1. The minimum absolute atomic E-state index is 0.0552. The average Bonchev–Trinajstić information content (AvgIpc) is 2.89. The summed E-state index contributed by atoms with van der Waals surface area (Å²) in [7, 11) is 3.38. The van der Waals surface area contributed by atoms with E-state index in [2.05, 4.69) is 46.2 Å². The van der Waals surface area contributed by atoms with Crippen molar-refractivity contribution in [3.05, 3.63) is 89.5 Å².